The van der Waals surface area contributed by atoms with Crippen LogP contribution in [0.5, 0.6) is 0 Å². The number of hydrogen-bond acceptors (Lipinski definition) is 5. The van der Waals surface area contributed by atoms with Crippen molar-refractivity contribution >= 4 is 17.5 Å². The molecule has 19 heavy (non-hydrogen) atoms. The van der Waals surface area contributed by atoms with Crippen LogP contribution in [-0.2, 0) is 4.74 Å². The van der Waals surface area contributed by atoms with Gasteiger partial charge in [-0.05, 0) is 17.4 Å². The van der Waals surface area contributed by atoms with Crippen molar-refractivity contribution in [1.29, 1.82) is 0 Å². The average molecular weight is 265 g/mol. The van der Waals surface area contributed by atoms with Crippen molar-refractivity contribution in [2.75, 3.05) is 24.7 Å². The van der Waals surface area contributed by atoms with E-state index in [0.717, 1.165) is 6.54 Å². The zero-order valence-electron chi connectivity index (χ0n) is 12.3. The topological polar surface area (TPSA) is 77.2 Å². The Bertz CT molecular complexity index is 452. The Labute approximate surface area is 114 Å². The number of anilines is 2. The van der Waals surface area contributed by atoms with Gasteiger partial charge in [0.25, 0.3) is 0 Å². The largest absolute Gasteiger partial charge is 0.465 e. The molecule has 1 rings (SSSR count). The van der Waals surface area contributed by atoms with Crippen LogP contribution >= 0.6 is 0 Å². The van der Waals surface area contributed by atoms with Crippen LogP contribution in [0.25, 0.3) is 0 Å². The van der Waals surface area contributed by atoms with Gasteiger partial charge < -0.3 is 15.8 Å². The zero-order chi connectivity index (χ0) is 14.6. The van der Waals surface area contributed by atoms with Crippen molar-refractivity contribution in [3.05, 3.63) is 17.8 Å². The van der Waals surface area contributed by atoms with Crippen LogP contribution in [0.15, 0.2) is 12.3 Å². The van der Waals surface area contributed by atoms with Gasteiger partial charge in [0.1, 0.15) is 5.82 Å². The molecule has 1 atom stereocenters. The minimum Gasteiger partial charge on any atom is -0.465 e. The SMILES string of the molecule is COC(=O)c1cc(N)ncc1NCC(C)C(C)(C)C. The molecule has 1 unspecified atom stereocenters. The number of rotatable bonds is 4. The van der Waals surface area contributed by atoms with Gasteiger partial charge in [-0.25, -0.2) is 9.78 Å². The summed E-state index contributed by atoms with van der Waals surface area (Å²) >= 11 is 0. The van der Waals surface area contributed by atoms with E-state index in [-0.39, 0.29) is 5.41 Å². The van der Waals surface area contributed by atoms with Crippen LogP contribution < -0.4 is 11.1 Å². The molecule has 0 bridgehead atoms. The molecule has 0 radical (unpaired) electrons. The fraction of sp³-hybridized carbons (Fsp3) is 0.571. The minimum absolute atomic E-state index is 0.194. The Morgan fingerprint density at radius 3 is 2.68 bits per heavy atom. The number of ether oxygens (including phenoxy) is 1. The maximum absolute atomic E-state index is 11.7. The Morgan fingerprint density at radius 1 is 1.53 bits per heavy atom. The highest BCUT2D eigenvalue weighted by Gasteiger charge is 2.20. The van der Waals surface area contributed by atoms with Crippen molar-refractivity contribution < 1.29 is 9.53 Å². The van der Waals surface area contributed by atoms with Gasteiger partial charge in [-0.15, -0.1) is 0 Å². The minimum atomic E-state index is -0.417. The number of methoxy groups -OCH3 is 1. The molecule has 0 spiro atoms. The second-order valence-electron chi connectivity index (χ2n) is 5.79. The molecule has 1 aromatic rings. The fourth-order valence-corrected chi connectivity index (χ4v) is 1.46. The Balaban J connectivity index is 2.87. The molecule has 0 saturated heterocycles. The summed E-state index contributed by atoms with van der Waals surface area (Å²) in [4.78, 5) is 15.7. The lowest BCUT2D eigenvalue weighted by atomic mass is 9.82. The zero-order valence-corrected chi connectivity index (χ0v) is 12.3. The molecule has 0 saturated carbocycles. The van der Waals surface area contributed by atoms with Gasteiger partial charge in [0, 0.05) is 6.54 Å². The van der Waals surface area contributed by atoms with E-state index in [1.807, 2.05) is 0 Å². The first-order valence-corrected chi connectivity index (χ1v) is 6.33. The van der Waals surface area contributed by atoms with E-state index in [1.165, 1.54) is 13.2 Å². The second-order valence-corrected chi connectivity index (χ2v) is 5.79. The third-order valence-corrected chi connectivity index (χ3v) is 3.41. The van der Waals surface area contributed by atoms with Crippen LogP contribution in [0, 0.1) is 11.3 Å². The van der Waals surface area contributed by atoms with Crippen LogP contribution in [0.1, 0.15) is 38.1 Å². The molecule has 0 aliphatic rings. The average Bonchev–Trinajstić information content (AvgIpc) is 2.34. The van der Waals surface area contributed by atoms with Crippen molar-refractivity contribution in [2.45, 2.75) is 27.7 Å². The van der Waals surface area contributed by atoms with Gasteiger partial charge in [-0.3, -0.25) is 0 Å². The number of esters is 1. The number of hydrogen-bond donors (Lipinski definition) is 2. The Kier molecular flexibility index (Phi) is 4.75. The Morgan fingerprint density at radius 2 is 2.16 bits per heavy atom. The number of pyridine rings is 1. The van der Waals surface area contributed by atoms with Crippen LogP contribution in [-0.4, -0.2) is 24.6 Å². The van der Waals surface area contributed by atoms with Crippen molar-refractivity contribution in [3.63, 3.8) is 0 Å². The van der Waals surface area contributed by atoms with Crippen LogP contribution in [0.2, 0.25) is 0 Å². The summed E-state index contributed by atoms with van der Waals surface area (Å²) in [6.45, 7) is 9.46. The van der Waals surface area contributed by atoms with E-state index in [4.69, 9.17) is 10.5 Å². The first kappa shape index (κ1) is 15.3. The monoisotopic (exact) mass is 265 g/mol. The van der Waals surface area contributed by atoms with Gasteiger partial charge in [0.15, 0.2) is 0 Å². The standard InChI is InChI=1S/C14H23N3O2/c1-9(14(2,3)4)7-16-11-8-17-12(15)6-10(11)13(18)19-5/h6,8-9,16H,7H2,1-5H3,(H2,15,17). The lowest BCUT2D eigenvalue weighted by Crippen LogP contribution is -2.25. The number of nitrogen functional groups attached to an aromatic ring is 1. The van der Waals surface area contributed by atoms with Crippen molar-refractivity contribution in [1.82, 2.24) is 4.98 Å². The highest BCUT2D eigenvalue weighted by atomic mass is 16.5. The van der Waals surface area contributed by atoms with E-state index >= 15 is 0 Å². The molecule has 0 amide bonds. The van der Waals surface area contributed by atoms with Crippen molar-refractivity contribution in [2.24, 2.45) is 11.3 Å². The second kappa shape index (κ2) is 5.91. The van der Waals surface area contributed by atoms with Crippen LogP contribution in [0.4, 0.5) is 11.5 Å². The predicted octanol–water partition coefficient (Wildman–Crippen LogP) is 2.54. The number of carbonyl (C=O) groups excluding carboxylic acids is 1. The summed E-state index contributed by atoms with van der Waals surface area (Å²) in [5, 5.41) is 3.24. The van der Waals surface area contributed by atoms with E-state index < -0.39 is 5.97 Å². The normalized spacial score (nSPS) is 12.9. The molecule has 1 aromatic heterocycles. The molecule has 106 valence electrons. The molecule has 5 heteroatoms. The first-order chi connectivity index (χ1) is 8.75. The van der Waals surface area contributed by atoms with E-state index in [1.54, 1.807) is 6.20 Å². The molecule has 3 N–H and O–H groups in total. The predicted molar refractivity (Wildman–Crippen MR) is 77.1 cm³/mol. The van der Waals surface area contributed by atoms with E-state index in [0.29, 0.717) is 23.0 Å². The molecule has 0 aromatic carbocycles. The highest BCUT2D eigenvalue weighted by molar-refractivity contribution is 5.96. The van der Waals surface area contributed by atoms with Gasteiger partial charge in [-0.2, -0.15) is 0 Å². The molecule has 0 fully saturated rings. The molecule has 0 aliphatic carbocycles. The van der Waals surface area contributed by atoms with Gasteiger partial charge in [-0.1, -0.05) is 27.7 Å². The lowest BCUT2D eigenvalue weighted by molar-refractivity contribution is 0.0601. The molecule has 1 heterocycles. The van der Waals surface area contributed by atoms with Crippen LogP contribution in [0.3, 0.4) is 0 Å². The third-order valence-electron chi connectivity index (χ3n) is 3.41. The van der Waals surface area contributed by atoms with E-state index in [9.17, 15) is 4.79 Å². The summed E-state index contributed by atoms with van der Waals surface area (Å²) in [6.07, 6.45) is 1.57. The number of carbonyl (C=O) groups is 1. The van der Waals surface area contributed by atoms with Gasteiger partial charge in [0.2, 0.25) is 0 Å². The third kappa shape index (κ3) is 4.12. The van der Waals surface area contributed by atoms with E-state index in [2.05, 4.69) is 38.0 Å². The van der Waals surface area contributed by atoms with Gasteiger partial charge >= 0.3 is 5.97 Å². The first-order valence-electron chi connectivity index (χ1n) is 6.33. The molecular weight excluding hydrogens is 242 g/mol. The number of nitrogens with two attached hydrogens (primary N) is 1. The summed E-state index contributed by atoms with van der Waals surface area (Å²) in [6, 6.07) is 1.52. The molecule has 0 aliphatic heterocycles. The maximum atomic E-state index is 11.7. The molecular formula is C14H23N3O2. The highest BCUT2D eigenvalue weighted by Crippen LogP contribution is 2.26. The maximum Gasteiger partial charge on any atom is 0.340 e. The van der Waals surface area contributed by atoms with Crippen molar-refractivity contribution in [3.8, 4) is 0 Å². The summed E-state index contributed by atoms with van der Waals surface area (Å²) < 4.78 is 4.74. The summed E-state index contributed by atoms with van der Waals surface area (Å²) in [5.74, 6) is 0.324. The summed E-state index contributed by atoms with van der Waals surface area (Å²) in [5.41, 5.74) is 6.86. The summed E-state index contributed by atoms with van der Waals surface area (Å²) in [7, 11) is 1.35. The quantitative estimate of drug-likeness (QED) is 0.818. The molecule has 5 nitrogen and oxygen atoms in total. The number of aromatic nitrogens is 1. The number of nitrogens with zero attached hydrogens (tertiary/aromatic N) is 1. The van der Waals surface area contributed by atoms with Gasteiger partial charge in [0.05, 0.1) is 24.6 Å². The lowest BCUT2D eigenvalue weighted by Gasteiger charge is -2.28. The fourth-order valence-electron chi connectivity index (χ4n) is 1.46. The number of nitrogens with one attached hydrogen (secondary N) is 1. The smallest absolute Gasteiger partial charge is 0.340 e. The Hall–Kier alpha value is -1.78.